The first kappa shape index (κ1) is 21.3. The molecule has 1 aliphatic rings. The molecule has 0 saturated heterocycles. The predicted molar refractivity (Wildman–Crippen MR) is 126 cm³/mol. The van der Waals surface area contributed by atoms with E-state index in [2.05, 4.69) is 34.5 Å². The van der Waals surface area contributed by atoms with Crippen molar-refractivity contribution in [3.63, 3.8) is 0 Å². The molecule has 6 nitrogen and oxygen atoms in total. The summed E-state index contributed by atoms with van der Waals surface area (Å²) in [6, 6.07) is 25.0. The minimum Gasteiger partial charge on any atom is -0.426 e. The SMILES string of the molecule is CC(=O)Oc1ccccc1C(=O)NCC1CN=C(c2ccccc2)c2ccccc2N1C. The van der Waals surface area contributed by atoms with Gasteiger partial charge < -0.3 is 15.0 Å². The van der Waals surface area contributed by atoms with Gasteiger partial charge in [-0.2, -0.15) is 0 Å². The highest BCUT2D eigenvalue weighted by atomic mass is 16.5. The number of hydrogen-bond acceptors (Lipinski definition) is 5. The summed E-state index contributed by atoms with van der Waals surface area (Å²) >= 11 is 0. The smallest absolute Gasteiger partial charge is 0.308 e. The maximum absolute atomic E-state index is 12.9. The van der Waals surface area contributed by atoms with Crippen molar-refractivity contribution >= 4 is 23.3 Å². The summed E-state index contributed by atoms with van der Waals surface area (Å²) < 4.78 is 5.18. The van der Waals surface area contributed by atoms with Gasteiger partial charge in [0.15, 0.2) is 0 Å². The largest absolute Gasteiger partial charge is 0.426 e. The molecule has 0 bridgehead atoms. The standard InChI is InChI=1S/C26H25N3O3/c1-18(30)32-24-15-9-7-13-22(24)26(31)28-17-20-16-27-25(19-10-4-3-5-11-19)21-12-6-8-14-23(21)29(20)2/h3-15,20H,16-17H2,1-2H3,(H,28,31). The van der Waals surface area contributed by atoms with E-state index >= 15 is 0 Å². The number of likely N-dealkylation sites (N-methyl/N-ethyl adjacent to an activating group) is 1. The van der Waals surface area contributed by atoms with Gasteiger partial charge >= 0.3 is 5.97 Å². The van der Waals surface area contributed by atoms with Gasteiger partial charge in [-0.1, -0.05) is 60.7 Å². The zero-order chi connectivity index (χ0) is 22.5. The first-order valence-electron chi connectivity index (χ1n) is 10.5. The Hall–Kier alpha value is -3.93. The van der Waals surface area contributed by atoms with E-state index in [0.717, 1.165) is 22.5 Å². The zero-order valence-corrected chi connectivity index (χ0v) is 18.1. The quantitative estimate of drug-likeness (QED) is 0.498. The number of benzene rings is 3. The maximum Gasteiger partial charge on any atom is 0.308 e. The molecule has 0 fully saturated rings. The van der Waals surface area contributed by atoms with Crippen LogP contribution in [0.3, 0.4) is 0 Å². The van der Waals surface area contributed by atoms with Gasteiger partial charge in [0.25, 0.3) is 5.91 Å². The number of ether oxygens (including phenoxy) is 1. The molecule has 162 valence electrons. The summed E-state index contributed by atoms with van der Waals surface area (Å²) in [6.07, 6.45) is 0. The third kappa shape index (κ3) is 4.54. The second-order valence-corrected chi connectivity index (χ2v) is 7.64. The van der Waals surface area contributed by atoms with E-state index in [9.17, 15) is 9.59 Å². The van der Waals surface area contributed by atoms with Crippen LogP contribution in [0.2, 0.25) is 0 Å². The number of fused-ring (bicyclic) bond motifs is 1. The number of nitrogens with zero attached hydrogens (tertiary/aromatic N) is 2. The molecule has 0 aliphatic carbocycles. The number of carbonyl (C=O) groups is 2. The summed E-state index contributed by atoms with van der Waals surface area (Å²) in [5.41, 5.74) is 4.46. The summed E-state index contributed by atoms with van der Waals surface area (Å²) in [5, 5.41) is 2.98. The van der Waals surface area contributed by atoms with Crippen molar-refractivity contribution in [2.24, 2.45) is 4.99 Å². The number of rotatable bonds is 5. The van der Waals surface area contributed by atoms with Crippen LogP contribution < -0.4 is 15.0 Å². The Labute approximate surface area is 187 Å². The Morgan fingerprint density at radius 1 is 1.00 bits per heavy atom. The van der Waals surface area contributed by atoms with Gasteiger partial charge in [-0.3, -0.25) is 14.6 Å². The lowest BCUT2D eigenvalue weighted by Crippen LogP contribution is -2.44. The van der Waals surface area contributed by atoms with Gasteiger partial charge in [0.2, 0.25) is 0 Å². The van der Waals surface area contributed by atoms with Crippen molar-refractivity contribution in [3.8, 4) is 5.75 Å². The van der Waals surface area contributed by atoms with E-state index < -0.39 is 5.97 Å². The second kappa shape index (κ2) is 9.47. The van der Waals surface area contributed by atoms with E-state index in [4.69, 9.17) is 9.73 Å². The summed E-state index contributed by atoms with van der Waals surface area (Å²) in [7, 11) is 2.02. The number of esters is 1. The molecule has 3 aromatic rings. The molecule has 0 aromatic heterocycles. The van der Waals surface area contributed by atoms with Crippen LogP contribution in [0.15, 0.2) is 83.9 Å². The molecule has 1 heterocycles. The number of benzodiazepines with no additional fused rings is 1. The third-order valence-corrected chi connectivity index (χ3v) is 5.48. The number of amides is 1. The van der Waals surface area contributed by atoms with Crippen molar-refractivity contribution in [1.82, 2.24) is 5.32 Å². The topological polar surface area (TPSA) is 71.0 Å². The first-order chi connectivity index (χ1) is 15.5. The highest BCUT2D eigenvalue weighted by molar-refractivity contribution is 6.16. The van der Waals surface area contributed by atoms with Crippen molar-refractivity contribution in [2.45, 2.75) is 13.0 Å². The lowest BCUT2D eigenvalue weighted by molar-refractivity contribution is -0.131. The number of para-hydroxylation sites is 2. The van der Waals surface area contributed by atoms with Crippen LogP contribution in [-0.2, 0) is 4.79 Å². The minimum atomic E-state index is -0.465. The number of carbonyl (C=O) groups excluding carboxylic acids is 2. The molecule has 1 N–H and O–H groups in total. The van der Waals surface area contributed by atoms with Gasteiger partial charge in [0, 0.05) is 37.3 Å². The number of anilines is 1. The van der Waals surface area contributed by atoms with Gasteiger partial charge in [0.05, 0.1) is 23.9 Å². The number of nitrogens with one attached hydrogen (secondary N) is 1. The van der Waals surface area contributed by atoms with E-state index in [1.165, 1.54) is 6.92 Å². The van der Waals surface area contributed by atoms with Crippen LogP contribution in [-0.4, -0.2) is 43.8 Å². The van der Waals surface area contributed by atoms with Crippen LogP contribution in [0.5, 0.6) is 5.75 Å². The summed E-state index contributed by atoms with van der Waals surface area (Å²) in [5.74, 6) is -0.505. The molecule has 1 unspecified atom stereocenters. The molecule has 6 heteroatoms. The van der Waals surface area contributed by atoms with Crippen LogP contribution in [0.25, 0.3) is 0 Å². The maximum atomic E-state index is 12.9. The highest BCUT2D eigenvalue weighted by Crippen LogP contribution is 2.27. The van der Waals surface area contributed by atoms with Gasteiger partial charge in [-0.25, -0.2) is 0 Å². The Kier molecular flexibility index (Phi) is 6.31. The molecule has 1 amide bonds. The number of hydrogen-bond donors (Lipinski definition) is 1. The fourth-order valence-electron chi connectivity index (χ4n) is 3.83. The Bertz CT molecular complexity index is 1160. The van der Waals surface area contributed by atoms with Crippen molar-refractivity contribution in [1.29, 1.82) is 0 Å². The van der Waals surface area contributed by atoms with E-state index in [-0.39, 0.29) is 17.7 Å². The lowest BCUT2D eigenvalue weighted by Gasteiger charge is -2.29. The van der Waals surface area contributed by atoms with Crippen molar-refractivity contribution < 1.29 is 14.3 Å². The average molecular weight is 428 g/mol. The van der Waals surface area contributed by atoms with E-state index in [1.807, 2.05) is 37.4 Å². The van der Waals surface area contributed by atoms with E-state index in [1.54, 1.807) is 24.3 Å². The number of aliphatic imine (C=N–C) groups is 1. The second-order valence-electron chi connectivity index (χ2n) is 7.64. The van der Waals surface area contributed by atoms with Crippen LogP contribution >= 0.6 is 0 Å². The van der Waals surface area contributed by atoms with Gasteiger partial charge in [0.1, 0.15) is 5.75 Å². The molecule has 4 rings (SSSR count). The molecule has 32 heavy (non-hydrogen) atoms. The monoisotopic (exact) mass is 427 g/mol. The van der Waals surface area contributed by atoms with Gasteiger partial charge in [-0.05, 0) is 18.2 Å². The molecule has 0 radical (unpaired) electrons. The lowest BCUT2D eigenvalue weighted by atomic mass is 10.0. The molecule has 0 saturated carbocycles. The first-order valence-corrected chi connectivity index (χ1v) is 10.5. The van der Waals surface area contributed by atoms with Gasteiger partial charge in [-0.15, -0.1) is 0 Å². The van der Waals surface area contributed by atoms with Crippen LogP contribution in [0.4, 0.5) is 5.69 Å². The summed E-state index contributed by atoms with van der Waals surface area (Å²) in [4.78, 5) is 31.3. The van der Waals surface area contributed by atoms with Crippen molar-refractivity contribution in [2.75, 3.05) is 25.0 Å². The van der Waals surface area contributed by atoms with E-state index in [0.29, 0.717) is 18.7 Å². The predicted octanol–water partition coefficient (Wildman–Crippen LogP) is 3.70. The average Bonchev–Trinajstić information content (AvgIpc) is 2.95. The van der Waals surface area contributed by atoms with Crippen LogP contribution in [0.1, 0.15) is 28.4 Å². The molecular formula is C26H25N3O3. The third-order valence-electron chi connectivity index (χ3n) is 5.48. The molecular weight excluding hydrogens is 402 g/mol. The fourth-order valence-corrected chi connectivity index (χ4v) is 3.83. The Morgan fingerprint density at radius 2 is 1.69 bits per heavy atom. The molecule has 0 spiro atoms. The molecule has 3 aromatic carbocycles. The van der Waals surface area contributed by atoms with Crippen LogP contribution in [0, 0.1) is 0 Å². The zero-order valence-electron chi connectivity index (χ0n) is 18.1. The highest BCUT2D eigenvalue weighted by Gasteiger charge is 2.25. The minimum absolute atomic E-state index is 0.0396. The Morgan fingerprint density at radius 3 is 2.47 bits per heavy atom. The summed E-state index contributed by atoms with van der Waals surface area (Å²) in [6.45, 7) is 2.24. The van der Waals surface area contributed by atoms with Crippen molar-refractivity contribution in [3.05, 3.63) is 95.6 Å². The molecule has 1 atom stereocenters. The Balaban J connectivity index is 1.56. The normalized spacial score (nSPS) is 15.2. The fraction of sp³-hybridized carbons (Fsp3) is 0.192. The molecule has 1 aliphatic heterocycles.